The molecule has 3 heterocycles. The van der Waals surface area contributed by atoms with Crippen molar-refractivity contribution in [3.63, 3.8) is 0 Å². The van der Waals surface area contributed by atoms with Crippen LogP contribution in [0.5, 0.6) is 17.5 Å². The van der Waals surface area contributed by atoms with Gasteiger partial charge in [-0.1, -0.05) is 12.1 Å². The quantitative estimate of drug-likeness (QED) is 0.626. The molecule has 1 aromatic carbocycles. The SMILES string of the molecule is Cc1c(Oc2ccc(C=C3SC(=O)NC3=O)cc2)ncnc1OC1CCN(C(=O)O)C(C)C1. The van der Waals surface area contributed by atoms with Gasteiger partial charge in [0.05, 0.1) is 10.5 Å². The number of carboxylic acid groups (broad SMARTS) is 1. The fourth-order valence-electron chi connectivity index (χ4n) is 3.63. The highest BCUT2D eigenvalue weighted by Crippen LogP contribution is 2.31. The number of carbonyl (C=O) groups is 3. The third kappa shape index (κ3) is 5.25. The molecule has 0 aliphatic carbocycles. The van der Waals surface area contributed by atoms with Crippen LogP contribution < -0.4 is 14.8 Å². The average molecular weight is 471 g/mol. The highest BCUT2D eigenvalue weighted by molar-refractivity contribution is 8.18. The van der Waals surface area contributed by atoms with Gasteiger partial charge in [-0.25, -0.2) is 14.8 Å². The number of piperidine rings is 1. The zero-order valence-electron chi connectivity index (χ0n) is 18.0. The molecule has 1 aromatic heterocycles. The molecule has 0 spiro atoms. The largest absolute Gasteiger partial charge is 0.474 e. The lowest BCUT2D eigenvalue weighted by Gasteiger charge is -2.35. The van der Waals surface area contributed by atoms with Crippen LogP contribution in [0.25, 0.3) is 6.08 Å². The van der Waals surface area contributed by atoms with Crippen molar-refractivity contribution in [1.82, 2.24) is 20.2 Å². The smallest absolute Gasteiger partial charge is 0.407 e. The van der Waals surface area contributed by atoms with E-state index in [1.165, 1.54) is 11.2 Å². The number of nitrogens with one attached hydrogen (secondary N) is 1. The second-order valence-electron chi connectivity index (χ2n) is 7.72. The summed E-state index contributed by atoms with van der Waals surface area (Å²) in [5, 5.41) is 11.1. The molecule has 10 nitrogen and oxygen atoms in total. The van der Waals surface area contributed by atoms with Crippen LogP contribution in [0.15, 0.2) is 35.5 Å². The van der Waals surface area contributed by atoms with Crippen LogP contribution in [0.3, 0.4) is 0 Å². The number of nitrogens with zero attached hydrogens (tertiary/aromatic N) is 3. The van der Waals surface area contributed by atoms with E-state index in [2.05, 4.69) is 15.3 Å². The van der Waals surface area contributed by atoms with Crippen molar-refractivity contribution in [1.29, 1.82) is 0 Å². The maximum absolute atomic E-state index is 11.7. The van der Waals surface area contributed by atoms with Crippen molar-refractivity contribution in [3.8, 4) is 17.5 Å². The molecule has 0 saturated carbocycles. The van der Waals surface area contributed by atoms with E-state index < -0.39 is 12.0 Å². The highest BCUT2D eigenvalue weighted by Gasteiger charge is 2.30. The molecule has 3 amide bonds. The van der Waals surface area contributed by atoms with Crippen LogP contribution >= 0.6 is 11.8 Å². The molecule has 33 heavy (non-hydrogen) atoms. The maximum Gasteiger partial charge on any atom is 0.407 e. The molecule has 2 N–H and O–H groups in total. The maximum atomic E-state index is 11.7. The van der Waals surface area contributed by atoms with Crippen LogP contribution in [0.1, 0.15) is 30.9 Å². The molecule has 2 fully saturated rings. The van der Waals surface area contributed by atoms with Gasteiger partial charge in [-0.3, -0.25) is 14.9 Å². The van der Waals surface area contributed by atoms with Gasteiger partial charge >= 0.3 is 6.09 Å². The van der Waals surface area contributed by atoms with E-state index in [1.807, 2.05) is 6.92 Å². The van der Waals surface area contributed by atoms with Crippen molar-refractivity contribution < 1.29 is 29.0 Å². The number of rotatable bonds is 5. The number of hydrogen-bond donors (Lipinski definition) is 2. The van der Waals surface area contributed by atoms with Crippen LogP contribution in [0.4, 0.5) is 9.59 Å². The Labute approximate surface area is 194 Å². The Balaban J connectivity index is 1.42. The van der Waals surface area contributed by atoms with Crippen molar-refractivity contribution in [2.45, 2.75) is 38.8 Å². The number of carbonyl (C=O) groups excluding carboxylic acids is 2. The third-order valence-corrected chi connectivity index (χ3v) is 6.19. The van der Waals surface area contributed by atoms with Crippen molar-refractivity contribution in [2.75, 3.05) is 6.54 Å². The predicted molar refractivity (Wildman–Crippen MR) is 120 cm³/mol. The molecule has 2 aliphatic heterocycles. The van der Waals surface area contributed by atoms with Crippen molar-refractivity contribution in [3.05, 3.63) is 46.6 Å². The summed E-state index contributed by atoms with van der Waals surface area (Å²) in [5.41, 5.74) is 1.38. The van der Waals surface area contributed by atoms with Crippen LogP contribution in [-0.2, 0) is 4.79 Å². The molecular formula is C22H22N4O6S. The molecule has 2 aromatic rings. The van der Waals surface area contributed by atoms with E-state index in [1.54, 1.807) is 37.3 Å². The summed E-state index contributed by atoms with van der Waals surface area (Å²) in [6.07, 6.45) is 3.07. The first-order valence-corrected chi connectivity index (χ1v) is 11.1. The van der Waals surface area contributed by atoms with E-state index in [9.17, 15) is 19.5 Å². The fourth-order valence-corrected chi connectivity index (χ4v) is 4.32. The zero-order valence-corrected chi connectivity index (χ0v) is 18.8. The molecule has 0 bridgehead atoms. The molecule has 2 unspecified atom stereocenters. The standard InChI is InChI=1S/C22H22N4O6S/c1-12-9-16(7-8-26(12)22(29)30)32-20-13(2)19(23-11-24-20)31-15-5-3-14(4-6-15)10-17-18(27)25-21(28)33-17/h3-6,10-12,16H,7-9H2,1-2H3,(H,29,30)(H,25,27,28). The summed E-state index contributed by atoms with van der Waals surface area (Å²) in [4.78, 5) is 44.4. The molecule has 11 heteroatoms. The molecule has 0 radical (unpaired) electrons. The van der Waals surface area contributed by atoms with Crippen LogP contribution in [0, 0.1) is 6.92 Å². The number of likely N-dealkylation sites (tertiary alicyclic amines) is 1. The average Bonchev–Trinajstić information content (AvgIpc) is 3.08. The Kier molecular flexibility index (Phi) is 6.50. The molecule has 2 atom stereocenters. The minimum Gasteiger partial charge on any atom is -0.474 e. The Morgan fingerprint density at radius 1 is 1.24 bits per heavy atom. The topological polar surface area (TPSA) is 131 Å². The van der Waals surface area contributed by atoms with Gasteiger partial charge in [0.15, 0.2) is 0 Å². The number of ether oxygens (including phenoxy) is 2. The predicted octanol–water partition coefficient (Wildman–Crippen LogP) is 3.81. The second-order valence-corrected chi connectivity index (χ2v) is 8.74. The molecular weight excluding hydrogens is 448 g/mol. The molecule has 172 valence electrons. The molecule has 4 rings (SSSR count). The number of thioether (sulfide) groups is 1. The Bertz CT molecular complexity index is 1120. The first-order chi connectivity index (χ1) is 15.8. The monoisotopic (exact) mass is 470 g/mol. The summed E-state index contributed by atoms with van der Waals surface area (Å²) in [7, 11) is 0. The number of imide groups is 1. The van der Waals surface area contributed by atoms with Gasteiger partial charge in [0.1, 0.15) is 18.2 Å². The summed E-state index contributed by atoms with van der Waals surface area (Å²) in [6, 6.07) is 6.86. The normalized spacial score (nSPS) is 21.8. The van der Waals surface area contributed by atoms with E-state index in [4.69, 9.17) is 9.47 Å². The second kappa shape index (κ2) is 9.49. The van der Waals surface area contributed by atoms with E-state index in [0.29, 0.717) is 47.4 Å². The van der Waals surface area contributed by atoms with E-state index >= 15 is 0 Å². The third-order valence-electron chi connectivity index (χ3n) is 5.38. The lowest BCUT2D eigenvalue weighted by Crippen LogP contribution is -2.46. The first kappa shape index (κ1) is 22.6. The number of amides is 3. The van der Waals surface area contributed by atoms with Crippen molar-refractivity contribution >= 4 is 35.1 Å². The lowest BCUT2D eigenvalue weighted by atomic mass is 10.0. The summed E-state index contributed by atoms with van der Waals surface area (Å²) >= 11 is 0.862. The minimum atomic E-state index is -0.921. The van der Waals surface area contributed by atoms with Gasteiger partial charge in [-0.15, -0.1) is 0 Å². The fraction of sp³-hybridized carbons (Fsp3) is 0.318. The number of aromatic nitrogens is 2. The van der Waals surface area contributed by atoms with Crippen molar-refractivity contribution in [2.24, 2.45) is 0 Å². The summed E-state index contributed by atoms with van der Waals surface area (Å²) < 4.78 is 11.9. The number of benzene rings is 1. The molecule has 2 saturated heterocycles. The Morgan fingerprint density at radius 3 is 2.61 bits per heavy atom. The van der Waals surface area contributed by atoms with Gasteiger partial charge in [-0.05, 0) is 49.4 Å². The Hall–Kier alpha value is -3.60. The van der Waals surface area contributed by atoms with E-state index in [-0.39, 0.29) is 17.4 Å². The highest BCUT2D eigenvalue weighted by atomic mass is 32.2. The van der Waals surface area contributed by atoms with Gasteiger partial charge < -0.3 is 19.5 Å². The minimum absolute atomic E-state index is 0.139. The van der Waals surface area contributed by atoms with Gasteiger partial charge in [0.25, 0.3) is 11.1 Å². The van der Waals surface area contributed by atoms with E-state index in [0.717, 1.165) is 17.3 Å². The first-order valence-electron chi connectivity index (χ1n) is 10.3. The Morgan fingerprint density at radius 2 is 1.97 bits per heavy atom. The van der Waals surface area contributed by atoms with Gasteiger partial charge in [0, 0.05) is 25.4 Å². The van der Waals surface area contributed by atoms with Crippen LogP contribution in [0.2, 0.25) is 0 Å². The number of hydrogen-bond acceptors (Lipinski definition) is 8. The van der Waals surface area contributed by atoms with Gasteiger partial charge in [-0.2, -0.15) is 0 Å². The molecule has 2 aliphatic rings. The van der Waals surface area contributed by atoms with Crippen LogP contribution in [-0.4, -0.2) is 55.9 Å². The summed E-state index contributed by atoms with van der Waals surface area (Å²) in [6.45, 7) is 4.07. The summed E-state index contributed by atoms with van der Waals surface area (Å²) in [5.74, 6) is 0.875. The van der Waals surface area contributed by atoms with Gasteiger partial charge in [0.2, 0.25) is 11.8 Å². The zero-order chi connectivity index (χ0) is 23.5. The lowest BCUT2D eigenvalue weighted by molar-refractivity contribution is -0.115.